The summed E-state index contributed by atoms with van der Waals surface area (Å²) in [6.07, 6.45) is 2.82. The van der Waals surface area contributed by atoms with Gasteiger partial charge in [0, 0.05) is 30.3 Å². The minimum absolute atomic E-state index is 0.0586. The minimum Gasteiger partial charge on any atom is -0.372 e. The summed E-state index contributed by atoms with van der Waals surface area (Å²) in [6.45, 7) is 3.22. The standard InChI is InChI=1S/C14H18N2O2/c1-2-18-10-14(17)15-8-7-11-9-16-13-6-4-3-5-12(11)13/h3-6,9,16H,2,7-8,10H2,1H3,(H,15,17). The molecule has 4 nitrogen and oxygen atoms in total. The van der Waals surface area contributed by atoms with Crippen LogP contribution in [0.3, 0.4) is 0 Å². The van der Waals surface area contributed by atoms with Gasteiger partial charge in [-0.15, -0.1) is 0 Å². The first kappa shape index (κ1) is 12.6. The molecule has 1 aromatic carbocycles. The van der Waals surface area contributed by atoms with Crippen LogP contribution in [0.25, 0.3) is 10.9 Å². The molecule has 4 heteroatoms. The Morgan fingerprint density at radius 2 is 2.22 bits per heavy atom. The van der Waals surface area contributed by atoms with E-state index in [4.69, 9.17) is 4.74 Å². The molecule has 18 heavy (non-hydrogen) atoms. The van der Waals surface area contributed by atoms with Crippen molar-refractivity contribution in [1.82, 2.24) is 10.3 Å². The van der Waals surface area contributed by atoms with Crippen LogP contribution < -0.4 is 5.32 Å². The van der Waals surface area contributed by atoms with Crippen molar-refractivity contribution < 1.29 is 9.53 Å². The summed E-state index contributed by atoms with van der Waals surface area (Å²) in [6, 6.07) is 8.16. The lowest BCUT2D eigenvalue weighted by atomic mass is 10.1. The molecule has 2 N–H and O–H groups in total. The number of nitrogens with one attached hydrogen (secondary N) is 2. The maximum atomic E-state index is 11.4. The highest BCUT2D eigenvalue weighted by Gasteiger charge is 2.04. The number of amides is 1. The summed E-state index contributed by atoms with van der Waals surface area (Å²) in [5.41, 5.74) is 2.36. The van der Waals surface area contributed by atoms with E-state index in [-0.39, 0.29) is 12.5 Å². The lowest BCUT2D eigenvalue weighted by Gasteiger charge is -2.04. The van der Waals surface area contributed by atoms with E-state index in [1.54, 1.807) is 0 Å². The van der Waals surface area contributed by atoms with Gasteiger partial charge >= 0.3 is 0 Å². The molecule has 1 aromatic heterocycles. The maximum Gasteiger partial charge on any atom is 0.246 e. The molecule has 0 saturated carbocycles. The average molecular weight is 246 g/mol. The Bertz CT molecular complexity index is 519. The Morgan fingerprint density at radius 1 is 1.39 bits per heavy atom. The predicted molar refractivity (Wildman–Crippen MR) is 71.5 cm³/mol. The van der Waals surface area contributed by atoms with Crippen molar-refractivity contribution in [2.24, 2.45) is 0 Å². The predicted octanol–water partition coefficient (Wildman–Crippen LogP) is 1.86. The van der Waals surface area contributed by atoms with E-state index in [2.05, 4.69) is 16.4 Å². The third-order valence-electron chi connectivity index (χ3n) is 2.83. The van der Waals surface area contributed by atoms with E-state index in [1.165, 1.54) is 10.9 Å². The third kappa shape index (κ3) is 3.11. The number of rotatable bonds is 6. The van der Waals surface area contributed by atoms with Gasteiger partial charge in [-0.2, -0.15) is 0 Å². The van der Waals surface area contributed by atoms with E-state index < -0.39 is 0 Å². The van der Waals surface area contributed by atoms with Crippen molar-refractivity contribution in [3.8, 4) is 0 Å². The van der Waals surface area contributed by atoms with Gasteiger partial charge in [0.2, 0.25) is 5.91 Å². The Labute approximate surface area is 106 Å². The van der Waals surface area contributed by atoms with Gasteiger partial charge in [-0.1, -0.05) is 18.2 Å². The summed E-state index contributed by atoms with van der Waals surface area (Å²) in [5.74, 6) is -0.0586. The van der Waals surface area contributed by atoms with Gasteiger partial charge in [0.15, 0.2) is 0 Å². The molecule has 0 atom stereocenters. The molecule has 0 aliphatic heterocycles. The molecule has 0 fully saturated rings. The molecular weight excluding hydrogens is 228 g/mol. The molecule has 0 bridgehead atoms. The zero-order chi connectivity index (χ0) is 12.8. The summed E-state index contributed by atoms with van der Waals surface area (Å²) in [5, 5.41) is 4.06. The first-order valence-corrected chi connectivity index (χ1v) is 6.20. The van der Waals surface area contributed by atoms with Crippen molar-refractivity contribution in [3.05, 3.63) is 36.0 Å². The highest BCUT2D eigenvalue weighted by atomic mass is 16.5. The van der Waals surface area contributed by atoms with E-state index in [0.717, 1.165) is 11.9 Å². The number of carbonyl (C=O) groups excluding carboxylic acids is 1. The van der Waals surface area contributed by atoms with Crippen molar-refractivity contribution in [3.63, 3.8) is 0 Å². The van der Waals surface area contributed by atoms with E-state index in [1.807, 2.05) is 31.3 Å². The van der Waals surface area contributed by atoms with Crippen LogP contribution in [-0.2, 0) is 16.0 Å². The second-order valence-corrected chi connectivity index (χ2v) is 4.10. The van der Waals surface area contributed by atoms with E-state index in [0.29, 0.717) is 13.2 Å². The highest BCUT2D eigenvalue weighted by Crippen LogP contribution is 2.17. The molecular formula is C14H18N2O2. The van der Waals surface area contributed by atoms with Crippen LogP contribution in [0.5, 0.6) is 0 Å². The topological polar surface area (TPSA) is 54.1 Å². The molecule has 0 aliphatic carbocycles. The first-order chi connectivity index (χ1) is 8.81. The molecule has 1 heterocycles. The van der Waals surface area contributed by atoms with Crippen molar-refractivity contribution in [2.45, 2.75) is 13.3 Å². The lowest BCUT2D eigenvalue weighted by molar-refractivity contribution is -0.125. The summed E-state index contributed by atoms with van der Waals surface area (Å²) in [7, 11) is 0. The fourth-order valence-electron chi connectivity index (χ4n) is 1.92. The summed E-state index contributed by atoms with van der Waals surface area (Å²) < 4.78 is 5.04. The molecule has 0 saturated heterocycles. The summed E-state index contributed by atoms with van der Waals surface area (Å²) >= 11 is 0. The Kier molecular flexibility index (Phi) is 4.36. The van der Waals surface area contributed by atoms with E-state index >= 15 is 0 Å². The second-order valence-electron chi connectivity index (χ2n) is 4.10. The third-order valence-corrected chi connectivity index (χ3v) is 2.83. The van der Waals surface area contributed by atoms with Gasteiger partial charge in [-0.3, -0.25) is 4.79 Å². The van der Waals surface area contributed by atoms with Crippen LogP contribution in [0.2, 0.25) is 0 Å². The molecule has 96 valence electrons. The lowest BCUT2D eigenvalue weighted by Crippen LogP contribution is -2.29. The minimum atomic E-state index is -0.0586. The molecule has 1 amide bonds. The number of H-pyrrole nitrogens is 1. The molecule has 0 aliphatic rings. The number of para-hydroxylation sites is 1. The second kappa shape index (κ2) is 6.21. The van der Waals surface area contributed by atoms with Gasteiger partial charge in [-0.05, 0) is 25.0 Å². The molecule has 0 unspecified atom stereocenters. The highest BCUT2D eigenvalue weighted by molar-refractivity contribution is 5.83. The van der Waals surface area contributed by atoms with E-state index in [9.17, 15) is 4.79 Å². The van der Waals surface area contributed by atoms with Gasteiger partial charge < -0.3 is 15.0 Å². The summed E-state index contributed by atoms with van der Waals surface area (Å²) in [4.78, 5) is 14.6. The van der Waals surface area contributed by atoms with Crippen molar-refractivity contribution in [2.75, 3.05) is 19.8 Å². The number of aromatic nitrogens is 1. The van der Waals surface area contributed by atoms with Gasteiger partial charge in [0.05, 0.1) is 0 Å². The number of benzene rings is 1. The number of hydrogen-bond acceptors (Lipinski definition) is 2. The number of ether oxygens (including phenoxy) is 1. The van der Waals surface area contributed by atoms with Crippen LogP contribution >= 0.6 is 0 Å². The molecule has 2 rings (SSSR count). The van der Waals surface area contributed by atoms with Gasteiger partial charge in [0.25, 0.3) is 0 Å². The Balaban J connectivity index is 1.85. The monoisotopic (exact) mass is 246 g/mol. The number of hydrogen-bond donors (Lipinski definition) is 2. The average Bonchev–Trinajstić information content (AvgIpc) is 2.80. The van der Waals surface area contributed by atoms with Crippen LogP contribution in [0.1, 0.15) is 12.5 Å². The smallest absolute Gasteiger partial charge is 0.246 e. The molecule has 0 spiro atoms. The SMILES string of the molecule is CCOCC(=O)NCCc1c[nH]c2ccccc12. The molecule has 0 radical (unpaired) electrons. The number of aromatic amines is 1. The van der Waals surface area contributed by atoms with Gasteiger partial charge in [-0.25, -0.2) is 0 Å². The Morgan fingerprint density at radius 3 is 3.06 bits per heavy atom. The number of fused-ring (bicyclic) bond motifs is 1. The van der Waals surface area contributed by atoms with Crippen LogP contribution in [0.15, 0.2) is 30.5 Å². The normalized spacial score (nSPS) is 10.7. The zero-order valence-electron chi connectivity index (χ0n) is 10.5. The van der Waals surface area contributed by atoms with Crippen LogP contribution in [0.4, 0.5) is 0 Å². The van der Waals surface area contributed by atoms with Crippen molar-refractivity contribution >= 4 is 16.8 Å². The fourth-order valence-corrected chi connectivity index (χ4v) is 1.92. The van der Waals surface area contributed by atoms with Crippen molar-refractivity contribution in [1.29, 1.82) is 0 Å². The maximum absolute atomic E-state index is 11.4. The van der Waals surface area contributed by atoms with Crippen LogP contribution in [0, 0.1) is 0 Å². The fraction of sp³-hybridized carbons (Fsp3) is 0.357. The number of carbonyl (C=O) groups is 1. The quantitative estimate of drug-likeness (QED) is 0.817. The largest absolute Gasteiger partial charge is 0.372 e. The molecule has 2 aromatic rings. The van der Waals surface area contributed by atoms with Crippen LogP contribution in [-0.4, -0.2) is 30.6 Å². The zero-order valence-corrected chi connectivity index (χ0v) is 10.5. The van der Waals surface area contributed by atoms with Gasteiger partial charge in [0.1, 0.15) is 6.61 Å². The first-order valence-electron chi connectivity index (χ1n) is 6.20. The Hall–Kier alpha value is -1.81.